The second-order valence-corrected chi connectivity index (χ2v) is 5.40. The molecule has 0 bridgehead atoms. The lowest BCUT2D eigenvalue weighted by molar-refractivity contribution is 0.464. The standard InChI is InChI=1S/C18H19N3O/c1-13-8-9-16(10-14(13)2)19-12-18-21-20-17(22-18)11-15-6-4-3-5-7-15/h3-10,19H,11-12H2,1-2H3. The normalized spacial score (nSPS) is 10.6. The Bertz CT molecular complexity index is 750. The van der Waals surface area contributed by atoms with Gasteiger partial charge in [0.25, 0.3) is 0 Å². The predicted molar refractivity (Wildman–Crippen MR) is 86.8 cm³/mol. The number of hydrogen-bond acceptors (Lipinski definition) is 4. The fraction of sp³-hybridized carbons (Fsp3) is 0.222. The largest absolute Gasteiger partial charge is 0.423 e. The molecule has 0 unspecified atom stereocenters. The Balaban J connectivity index is 1.61. The summed E-state index contributed by atoms with van der Waals surface area (Å²) in [4.78, 5) is 0. The molecular formula is C18H19N3O. The van der Waals surface area contributed by atoms with E-state index < -0.39 is 0 Å². The maximum absolute atomic E-state index is 5.68. The van der Waals surface area contributed by atoms with Gasteiger partial charge in [0.2, 0.25) is 11.8 Å². The van der Waals surface area contributed by atoms with Crippen molar-refractivity contribution >= 4 is 5.69 Å². The molecule has 0 atom stereocenters. The lowest BCUT2D eigenvalue weighted by Crippen LogP contribution is -2.00. The summed E-state index contributed by atoms with van der Waals surface area (Å²) in [7, 11) is 0. The van der Waals surface area contributed by atoms with Gasteiger partial charge in [0, 0.05) is 5.69 Å². The SMILES string of the molecule is Cc1ccc(NCc2nnc(Cc3ccccc3)o2)cc1C. The first-order valence-electron chi connectivity index (χ1n) is 7.37. The van der Waals surface area contributed by atoms with Crippen molar-refractivity contribution in [1.29, 1.82) is 0 Å². The van der Waals surface area contributed by atoms with Gasteiger partial charge in [-0.25, -0.2) is 0 Å². The summed E-state index contributed by atoms with van der Waals surface area (Å²) < 4.78 is 5.68. The fourth-order valence-corrected chi connectivity index (χ4v) is 2.23. The summed E-state index contributed by atoms with van der Waals surface area (Å²) in [6.07, 6.45) is 0.664. The summed E-state index contributed by atoms with van der Waals surface area (Å²) in [6.45, 7) is 4.74. The Kier molecular flexibility index (Phi) is 4.19. The summed E-state index contributed by atoms with van der Waals surface area (Å²) in [5.74, 6) is 1.24. The molecule has 1 aromatic heterocycles. The smallest absolute Gasteiger partial charge is 0.235 e. The molecule has 112 valence electrons. The highest BCUT2D eigenvalue weighted by Gasteiger charge is 2.07. The van der Waals surface area contributed by atoms with Gasteiger partial charge in [-0.1, -0.05) is 36.4 Å². The molecule has 0 aliphatic carbocycles. The summed E-state index contributed by atoms with van der Waals surface area (Å²) in [6, 6.07) is 16.4. The number of anilines is 1. The van der Waals surface area contributed by atoms with E-state index in [1.165, 1.54) is 16.7 Å². The molecule has 0 fully saturated rings. The number of benzene rings is 2. The zero-order chi connectivity index (χ0) is 15.4. The summed E-state index contributed by atoms with van der Waals surface area (Å²) in [5.41, 5.74) is 4.78. The minimum absolute atomic E-state index is 0.532. The van der Waals surface area contributed by atoms with E-state index in [-0.39, 0.29) is 0 Å². The van der Waals surface area contributed by atoms with Gasteiger partial charge in [-0.05, 0) is 42.7 Å². The Morgan fingerprint density at radius 2 is 1.68 bits per heavy atom. The minimum Gasteiger partial charge on any atom is -0.423 e. The van der Waals surface area contributed by atoms with E-state index >= 15 is 0 Å². The van der Waals surface area contributed by atoms with E-state index in [9.17, 15) is 0 Å². The number of nitrogens with one attached hydrogen (secondary N) is 1. The molecule has 0 aliphatic rings. The molecule has 22 heavy (non-hydrogen) atoms. The van der Waals surface area contributed by atoms with Crippen molar-refractivity contribution in [3.8, 4) is 0 Å². The van der Waals surface area contributed by atoms with Gasteiger partial charge in [0.05, 0.1) is 13.0 Å². The van der Waals surface area contributed by atoms with Crippen molar-refractivity contribution in [1.82, 2.24) is 10.2 Å². The van der Waals surface area contributed by atoms with Crippen molar-refractivity contribution in [2.24, 2.45) is 0 Å². The van der Waals surface area contributed by atoms with E-state index in [1.807, 2.05) is 18.2 Å². The van der Waals surface area contributed by atoms with Crippen molar-refractivity contribution < 1.29 is 4.42 Å². The maximum atomic E-state index is 5.68. The number of aromatic nitrogens is 2. The van der Waals surface area contributed by atoms with E-state index in [1.54, 1.807) is 0 Å². The fourth-order valence-electron chi connectivity index (χ4n) is 2.23. The van der Waals surface area contributed by atoms with Crippen LogP contribution in [0, 0.1) is 13.8 Å². The average molecular weight is 293 g/mol. The molecule has 0 saturated carbocycles. The number of nitrogens with zero attached hydrogens (tertiary/aromatic N) is 2. The van der Waals surface area contributed by atoms with Gasteiger partial charge in [-0.2, -0.15) is 0 Å². The van der Waals surface area contributed by atoms with Crippen LogP contribution in [0.1, 0.15) is 28.5 Å². The Morgan fingerprint density at radius 1 is 0.909 bits per heavy atom. The van der Waals surface area contributed by atoms with Crippen LogP contribution in [0.15, 0.2) is 52.9 Å². The molecule has 0 saturated heterocycles. The molecule has 3 rings (SSSR count). The third-order valence-electron chi connectivity index (χ3n) is 3.66. The number of rotatable bonds is 5. The third-order valence-corrected chi connectivity index (χ3v) is 3.66. The highest BCUT2D eigenvalue weighted by Crippen LogP contribution is 2.15. The number of aryl methyl sites for hydroxylation is 2. The molecule has 0 spiro atoms. The topological polar surface area (TPSA) is 51.0 Å². The first kappa shape index (κ1) is 14.3. The molecule has 0 amide bonds. The molecule has 4 nitrogen and oxygen atoms in total. The third kappa shape index (κ3) is 3.52. The van der Waals surface area contributed by atoms with Gasteiger partial charge in [0.1, 0.15) is 0 Å². The molecule has 1 heterocycles. The van der Waals surface area contributed by atoms with Crippen LogP contribution >= 0.6 is 0 Å². The molecule has 2 aromatic carbocycles. The van der Waals surface area contributed by atoms with Crippen LogP contribution in [0.4, 0.5) is 5.69 Å². The lowest BCUT2D eigenvalue weighted by Gasteiger charge is -2.06. The highest BCUT2D eigenvalue weighted by atomic mass is 16.4. The molecule has 0 radical (unpaired) electrons. The van der Waals surface area contributed by atoms with Crippen molar-refractivity contribution in [2.75, 3.05) is 5.32 Å². The van der Waals surface area contributed by atoms with Crippen LogP contribution in [-0.2, 0) is 13.0 Å². The predicted octanol–water partition coefficient (Wildman–Crippen LogP) is 3.89. The zero-order valence-electron chi connectivity index (χ0n) is 12.8. The zero-order valence-corrected chi connectivity index (χ0v) is 12.8. The first-order valence-corrected chi connectivity index (χ1v) is 7.37. The Hall–Kier alpha value is -2.62. The highest BCUT2D eigenvalue weighted by molar-refractivity contribution is 5.47. The molecule has 1 N–H and O–H groups in total. The Morgan fingerprint density at radius 3 is 2.45 bits per heavy atom. The van der Waals surface area contributed by atoms with Gasteiger partial charge >= 0.3 is 0 Å². The van der Waals surface area contributed by atoms with Crippen LogP contribution in [0.5, 0.6) is 0 Å². The van der Waals surface area contributed by atoms with Crippen molar-refractivity contribution in [3.63, 3.8) is 0 Å². The first-order chi connectivity index (χ1) is 10.7. The molecule has 3 aromatic rings. The Labute approximate surface area is 130 Å². The minimum atomic E-state index is 0.532. The lowest BCUT2D eigenvalue weighted by atomic mass is 10.1. The van der Waals surface area contributed by atoms with E-state index in [4.69, 9.17) is 4.42 Å². The van der Waals surface area contributed by atoms with Crippen molar-refractivity contribution in [2.45, 2.75) is 26.8 Å². The monoisotopic (exact) mass is 293 g/mol. The van der Waals surface area contributed by atoms with Gasteiger partial charge in [-0.3, -0.25) is 0 Å². The van der Waals surface area contributed by atoms with E-state index in [0.29, 0.717) is 24.7 Å². The molecule has 0 aliphatic heterocycles. The average Bonchev–Trinajstić information content (AvgIpc) is 2.97. The van der Waals surface area contributed by atoms with Crippen LogP contribution in [0.3, 0.4) is 0 Å². The van der Waals surface area contributed by atoms with Gasteiger partial charge in [-0.15, -0.1) is 10.2 Å². The van der Waals surface area contributed by atoms with Crippen LogP contribution < -0.4 is 5.32 Å². The van der Waals surface area contributed by atoms with E-state index in [0.717, 1.165) is 5.69 Å². The second kappa shape index (κ2) is 6.43. The van der Waals surface area contributed by atoms with E-state index in [2.05, 4.69) is 59.7 Å². The molecule has 4 heteroatoms. The van der Waals surface area contributed by atoms with Crippen LogP contribution in [0.25, 0.3) is 0 Å². The van der Waals surface area contributed by atoms with Gasteiger partial charge < -0.3 is 9.73 Å². The maximum Gasteiger partial charge on any atom is 0.235 e. The van der Waals surface area contributed by atoms with Crippen LogP contribution in [-0.4, -0.2) is 10.2 Å². The van der Waals surface area contributed by atoms with Gasteiger partial charge in [0.15, 0.2) is 0 Å². The van der Waals surface area contributed by atoms with Crippen LogP contribution in [0.2, 0.25) is 0 Å². The molecular weight excluding hydrogens is 274 g/mol. The quantitative estimate of drug-likeness (QED) is 0.775. The second-order valence-electron chi connectivity index (χ2n) is 5.40. The number of hydrogen-bond donors (Lipinski definition) is 1. The summed E-state index contributed by atoms with van der Waals surface area (Å²) >= 11 is 0. The summed E-state index contributed by atoms with van der Waals surface area (Å²) in [5, 5.41) is 11.5. The van der Waals surface area contributed by atoms with Crippen molar-refractivity contribution in [3.05, 3.63) is 77.0 Å².